The zero-order valence-corrected chi connectivity index (χ0v) is 9.57. The van der Waals surface area contributed by atoms with Crippen LogP contribution >= 0.6 is 0 Å². The molecule has 0 saturated carbocycles. The van der Waals surface area contributed by atoms with Crippen LogP contribution in [0.4, 0.5) is 0 Å². The van der Waals surface area contributed by atoms with Crippen molar-refractivity contribution >= 4 is 17.9 Å². The maximum Gasteiger partial charge on any atom is 0.336 e. The molecule has 0 aliphatic rings. The molecule has 0 amide bonds. The molecule has 112 valence electrons. The van der Waals surface area contributed by atoms with Gasteiger partial charge in [0.25, 0.3) is 0 Å². The van der Waals surface area contributed by atoms with Gasteiger partial charge in [-0.15, -0.1) is 0 Å². The van der Waals surface area contributed by atoms with Crippen molar-refractivity contribution in [1.82, 2.24) is 18.5 Å². The van der Waals surface area contributed by atoms with E-state index in [0.717, 1.165) is 0 Å². The molecule has 16 N–H and O–H groups in total. The van der Waals surface area contributed by atoms with E-state index in [2.05, 4.69) is 5.90 Å². The summed E-state index contributed by atoms with van der Waals surface area (Å²) in [6.07, 6.45) is -2.29. The monoisotopic (exact) mass is 276 g/mol. The molecule has 0 unspecified atom stereocenters. The van der Waals surface area contributed by atoms with E-state index < -0.39 is 36.4 Å². The van der Waals surface area contributed by atoms with Gasteiger partial charge < -0.3 is 44.1 Å². The van der Waals surface area contributed by atoms with E-state index >= 15 is 0 Å². The normalized spacial score (nSPS) is 8.17. The molecule has 12 heteroatoms. The zero-order chi connectivity index (χ0) is 12.6. The van der Waals surface area contributed by atoms with Crippen LogP contribution in [0, 0.1) is 0 Å². The molecule has 0 radical (unpaired) electrons. The van der Waals surface area contributed by atoms with Crippen molar-refractivity contribution in [2.24, 2.45) is 5.90 Å². The van der Waals surface area contributed by atoms with Gasteiger partial charge in [0.1, 0.15) is 0 Å². The highest BCUT2D eigenvalue weighted by molar-refractivity contribution is 5.88. The fraction of sp³-hybridized carbons (Fsp3) is 0.500. The number of carboxylic acid groups (broad SMARTS) is 3. The van der Waals surface area contributed by atoms with Gasteiger partial charge in [-0.2, -0.15) is 0 Å². The summed E-state index contributed by atoms with van der Waals surface area (Å²) in [6.45, 7) is 0. The molecular weight excluding hydrogens is 256 g/mol. The van der Waals surface area contributed by atoms with E-state index in [9.17, 15) is 14.4 Å². The lowest BCUT2D eigenvalue weighted by Gasteiger charge is -2.18. The van der Waals surface area contributed by atoms with E-state index in [1.54, 1.807) is 0 Å². The highest BCUT2D eigenvalue weighted by atomic mass is 16.4. The molecule has 0 aliphatic heterocycles. The molecule has 0 rings (SSSR count). The van der Waals surface area contributed by atoms with Gasteiger partial charge in [0, 0.05) is 0 Å². The Bertz CT molecular complexity index is 242. The number of aliphatic carboxylic acids is 3. The number of nitrogens with two attached hydrogens (primary N) is 1. The van der Waals surface area contributed by atoms with E-state index in [1.807, 2.05) is 0 Å². The Morgan fingerprint density at radius 2 is 1.06 bits per heavy atom. The molecule has 12 nitrogen and oxygen atoms in total. The van der Waals surface area contributed by atoms with Gasteiger partial charge in [0.15, 0.2) is 5.60 Å². The highest BCUT2D eigenvalue weighted by Crippen LogP contribution is 2.15. The van der Waals surface area contributed by atoms with Gasteiger partial charge in [-0.25, -0.2) is 10.7 Å². The minimum Gasteiger partial charge on any atom is -0.481 e. The van der Waals surface area contributed by atoms with E-state index in [1.165, 1.54) is 0 Å². The first-order chi connectivity index (χ1) is 6.78. The summed E-state index contributed by atoms with van der Waals surface area (Å²) < 4.78 is 0. The second-order valence-electron chi connectivity index (χ2n) is 2.48. The predicted octanol–water partition coefficient (Wildman–Crippen LogP) is -1.43. The number of carboxylic acids is 3. The molecule has 0 heterocycles. The van der Waals surface area contributed by atoms with Crippen molar-refractivity contribution in [1.29, 1.82) is 0 Å². The highest BCUT2D eigenvalue weighted by Gasteiger charge is 2.40. The number of aliphatic hydroxyl groups is 1. The molecule has 18 heavy (non-hydrogen) atoms. The van der Waals surface area contributed by atoms with Crippen LogP contribution in [0.3, 0.4) is 0 Å². The second kappa shape index (κ2) is 13.2. The summed E-state index contributed by atoms with van der Waals surface area (Å²) in [6, 6.07) is 0. The number of carbonyl (C=O) groups is 3. The Kier molecular flexibility index (Phi) is 21.9. The summed E-state index contributed by atoms with van der Waals surface area (Å²) in [5.74, 6) is -1.52. The fourth-order valence-corrected chi connectivity index (χ4v) is 0.714. The maximum atomic E-state index is 10.3. The van der Waals surface area contributed by atoms with Crippen LogP contribution in [0.2, 0.25) is 0 Å². The molecule has 0 aromatic rings. The summed E-state index contributed by atoms with van der Waals surface area (Å²) in [7, 11) is 0. The zero-order valence-electron chi connectivity index (χ0n) is 9.57. The SMILES string of the molecule is N.N.N.NO.O=C(O)CC(O)(CC(=O)O)C(=O)O. The summed E-state index contributed by atoms with van der Waals surface area (Å²) in [4.78, 5) is 30.5. The van der Waals surface area contributed by atoms with Gasteiger partial charge in [0.2, 0.25) is 0 Å². The lowest BCUT2D eigenvalue weighted by atomic mass is 9.96. The third kappa shape index (κ3) is 12.2. The first kappa shape index (κ1) is 29.8. The molecule has 0 saturated heterocycles. The molecule has 0 bridgehead atoms. The minimum absolute atomic E-state index is 0. The molecule has 0 aromatic heterocycles. The van der Waals surface area contributed by atoms with Crippen molar-refractivity contribution in [3.63, 3.8) is 0 Å². The van der Waals surface area contributed by atoms with Gasteiger partial charge in [-0.1, -0.05) is 0 Å². The smallest absolute Gasteiger partial charge is 0.336 e. The van der Waals surface area contributed by atoms with Crippen molar-refractivity contribution in [2.45, 2.75) is 18.4 Å². The van der Waals surface area contributed by atoms with Crippen LogP contribution in [0.1, 0.15) is 12.8 Å². The molecular formula is C6H20N4O8. The first-order valence-corrected chi connectivity index (χ1v) is 3.43. The lowest BCUT2D eigenvalue weighted by Crippen LogP contribution is -2.42. The average molecular weight is 276 g/mol. The number of rotatable bonds is 5. The Morgan fingerprint density at radius 1 is 0.833 bits per heavy atom. The van der Waals surface area contributed by atoms with Gasteiger partial charge in [0.05, 0.1) is 12.8 Å². The first-order valence-electron chi connectivity index (χ1n) is 3.43. The molecule has 0 fully saturated rings. The second-order valence-corrected chi connectivity index (χ2v) is 2.48. The van der Waals surface area contributed by atoms with Crippen LogP contribution in [0.15, 0.2) is 0 Å². The topological polar surface area (TPSA) is 283 Å². The lowest BCUT2D eigenvalue weighted by molar-refractivity contribution is -0.170. The van der Waals surface area contributed by atoms with Crippen LogP contribution in [-0.2, 0) is 14.4 Å². The molecule has 0 atom stereocenters. The Hall–Kier alpha value is -1.83. The average Bonchev–Trinajstić information content (AvgIpc) is 2.04. The van der Waals surface area contributed by atoms with Gasteiger partial charge in [-0.05, 0) is 0 Å². The van der Waals surface area contributed by atoms with Gasteiger partial charge in [-0.3, -0.25) is 9.59 Å². The van der Waals surface area contributed by atoms with E-state index in [-0.39, 0.29) is 18.5 Å². The number of hydrogen-bond donors (Lipinski definition) is 9. The molecule has 0 aromatic carbocycles. The van der Waals surface area contributed by atoms with Crippen LogP contribution < -0.4 is 24.3 Å². The standard InChI is InChI=1S/C6H8O7.H3NO.3H3N/c7-3(8)1-6(13,5(11)12)2-4(9)10;1-2;;;/h13H,1-2H2,(H,7,8)(H,9,10)(H,11,12);2H,1H2;3*1H3. The Balaban J connectivity index is -0.000000107. The van der Waals surface area contributed by atoms with Crippen molar-refractivity contribution in [3.05, 3.63) is 0 Å². The van der Waals surface area contributed by atoms with Crippen LogP contribution in [-0.4, -0.2) is 49.1 Å². The van der Waals surface area contributed by atoms with Crippen molar-refractivity contribution in [2.75, 3.05) is 0 Å². The predicted molar refractivity (Wildman–Crippen MR) is 58.1 cm³/mol. The minimum atomic E-state index is -2.74. The molecule has 0 spiro atoms. The number of hydrogen-bond acceptors (Lipinski definition) is 9. The van der Waals surface area contributed by atoms with E-state index in [4.69, 9.17) is 25.6 Å². The third-order valence-electron chi connectivity index (χ3n) is 1.29. The summed E-state index contributed by atoms with van der Waals surface area (Å²) >= 11 is 0. The van der Waals surface area contributed by atoms with Crippen LogP contribution in [0.5, 0.6) is 0 Å². The Labute approximate surface area is 102 Å². The van der Waals surface area contributed by atoms with Gasteiger partial charge >= 0.3 is 17.9 Å². The van der Waals surface area contributed by atoms with Crippen LogP contribution in [0.25, 0.3) is 0 Å². The van der Waals surface area contributed by atoms with Crippen molar-refractivity contribution in [3.8, 4) is 0 Å². The maximum absolute atomic E-state index is 10.3. The quantitative estimate of drug-likeness (QED) is 0.261. The Morgan fingerprint density at radius 3 is 1.17 bits per heavy atom. The summed E-state index contributed by atoms with van der Waals surface area (Å²) in [5.41, 5.74) is -2.74. The largest absolute Gasteiger partial charge is 0.481 e. The summed E-state index contributed by atoms with van der Waals surface area (Å²) in [5, 5.41) is 40.3. The fourth-order valence-electron chi connectivity index (χ4n) is 0.714. The molecule has 0 aliphatic carbocycles. The van der Waals surface area contributed by atoms with Crippen molar-refractivity contribution < 1.29 is 40.0 Å². The third-order valence-corrected chi connectivity index (χ3v) is 1.29. The van der Waals surface area contributed by atoms with E-state index in [0.29, 0.717) is 0 Å².